The van der Waals surface area contributed by atoms with Gasteiger partial charge in [-0.3, -0.25) is 0 Å². The van der Waals surface area contributed by atoms with E-state index in [0.717, 1.165) is 5.25 Å². The first kappa shape index (κ1) is 12.7. The molecule has 0 radical (unpaired) electrons. The van der Waals surface area contributed by atoms with Crippen LogP contribution in [0.25, 0.3) is 0 Å². The normalized spacial score (nSPS) is 37.5. The minimum absolute atomic E-state index is 0.569. The highest BCUT2D eigenvalue weighted by Crippen LogP contribution is 2.32. The number of hydrogen-bond donors (Lipinski definition) is 1. The molecule has 2 atom stereocenters. The molecule has 3 heteroatoms. The fraction of sp³-hybridized carbons (Fsp3) is 1.00. The van der Waals surface area contributed by atoms with E-state index in [0.29, 0.717) is 5.41 Å². The van der Waals surface area contributed by atoms with E-state index in [2.05, 4.69) is 35.8 Å². The second-order valence-corrected chi connectivity index (χ2v) is 7.10. The summed E-state index contributed by atoms with van der Waals surface area (Å²) in [7, 11) is 0. The maximum Gasteiger partial charge on any atom is 0.0147 e. The lowest BCUT2D eigenvalue weighted by molar-refractivity contribution is 0.115. The Balaban J connectivity index is 1.89. The first-order valence-corrected chi connectivity index (χ1v) is 7.84. The molecule has 16 heavy (non-hydrogen) atoms. The lowest BCUT2D eigenvalue weighted by Crippen LogP contribution is -2.50. The predicted octanol–water partition coefficient (Wildman–Crippen LogP) is 2.20. The van der Waals surface area contributed by atoms with Gasteiger partial charge in [0, 0.05) is 37.2 Å². The van der Waals surface area contributed by atoms with Gasteiger partial charge >= 0.3 is 0 Å². The lowest BCUT2D eigenvalue weighted by atomic mass is 9.78. The van der Waals surface area contributed by atoms with Crippen LogP contribution in [0.1, 0.15) is 33.1 Å². The number of piperidine rings is 1. The van der Waals surface area contributed by atoms with Crippen LogP contribution in [-0.4, -0.2) is 48.6 Å². The topological polar surface area (TPSA) is 15.3 Å². The molecule has 2 heterocycles. The van der Waals surface area contributed by atoms with Crippen molar-refractivity contribution < 1.29 is 0 Å². The van der Waals surface area contributed by atoms with Crippen molar-refractivity contribution in [3.63, 3.8) is 0 Å². The summed E-state index contributed by atoms with van der Waals surface area (Å²) in [6, 6.07) is 0. The molecule has 2 rings (SSSR count). The van der Waals surface area contributed by atoms with Crippen molar-refractivity contribution in [3.05, 3.63) is 0 Å². The summed E-state index contributed by atoms with van der Waals surface area (Å²) in [6.07, 6.45) is 4.12. The molecule has 2 nitrogen and oxygen atoms in total. The first-order chi connectivity index (χ1) is 7.74. The highest BCUT2D eigenvalue weighted by molar-refractivity contribution is 7.99. The van der Waals surface area contributed by atoms with Gasteiger partial charge in [0.05, 0.1) is 0 Å². The maximum absolute atomic E-state index is 3.60. The summed E-state index contributed by atoms with van der Waals surface area (Å²) in [5.41, 5.74) is 0.569. The summed E-state index contributed by atoms with van der Waals surface area (Å²) in [5.74, 6) is 1.33. The van der Waals surface area contributed by atoms with E-state index in [9.17, 15) is 0 Å². The number of nitrogens with one attached hydrogen (secondary N) is 1. The molecule has 0 bridgehead atoms. The van der Waals surface area contributed by atoms with E-state index in [4.69, 9.17) is 0 Å². The van der Waals surface area contributed by atoms with Crippen molar-refractivity contribution in [1.29, 1.82) is 0 Å². The zero-order valence-electron chi connectivity index (χ0n) is 10.8. The Morgan fingerprint density at radius 1 is 1.50 bits per heavy atom. The lowest BCUT2D eigenvalue weighted by Gasteiger charge is -2.43. The van der Waals surface area contributed by atoms with E-state index < -0.39 is 0 Å². The molecule has 2 aliphatic rings. The van der Waals surface area contributed by atoms with Crippen LogP contribution < -0.4 is 5.32 Å². The van der Waals surface area contributed by atoms with Gasteiger partial charge in [-0.15, -0.1) is 0 Å². The van der Waals surface area contributed by atoms with Crippen LogP contribution in [0.3, 0.4) is 0 Å². The average Bonchev–Trinajstić information content (AvgIpc) is 2.30. The average molecular weight is 242 g/mol. The standard InChI is InChI=1S/C13H26N2S/c1-3-13(5-4-6-14-10-13)11-15-7-8-16-12(2)9-15/h12,14H,3-11H2,1-2H3. The maximum atomic E-state index is 3.60. The number of nitrogens with zero attached hydrogens (tertiary/aromatic N) is 1. The summed E-state index contributed by atoms with van der Waals surface area (Å²) < 4.78 is 0. The Kier molecular flexibility index (Phi) is 4.57. The number of thioether (sulfide) groups is 1. The molecule has 0 aromatic carbocycles. The van der Waals surface area contributed by atoms with Crippen LogP contribution in [0.15, 0.2) is 0 Å². The van der Waals surface area contributed by atoms with E-state index in [-0.39, 0.29) is 0 Å². The number of hydrogen-bond acceptors (Lipinski definition) is 3. The van der Waals surface area contributed by atoms with Gasteiger partial charge in [0.15, 0.2) is 0 Å². The molecule has 0 aromatic rings. The van der Waals surface area contributed by atoms with Crippen LogP contribution in [-0.2, 0) is 0 Å². The van der Waals surface area contributed by atoms with E-state index in [1.54, 1.807) is 0 Å². The Morgan fingerprint density at radius 3 is 3.00 bits per heavy atom. The third kappa shape index (κ3) is 3.14. The molecule has 2 aliphatic heterocycles. The highest BCUT2D eigenvalue weighted by Gasteiger charge is 2.33. The van der Waals surface area contributed by atoms with Gasteiger partial charge in [0.2, 0.25) is 0 Å². The quantitative estimate of drug-likeness (QED) is 0.817. The van der Waals surface area contributed by atoms with Gasteiger partial charge in [-0.05, 0) is 31.2 Å². The van der Waals surface area contributed by atoms with Crippen LogP contribution in [0, 0.1) is 5.41 Å². The summed E-state index contributed by atoms with van der Waals surface area (Å²) in [5, 5.41) is 4.43. The minimum Gasteiger partial charge on any atom is -0.316 e. The van der Waals surface area contributed by atoms with Crippen molar-refractivity contribution in [3.8, 4) is 0 Å². The monoisotopic (exact) mass is 242 g/mol. The minimum atomic E-state index is 0.569. The Hall–Kier alpha value is 0.270. The van der Waals surface area contributed by atoms with Crippen LogP contribution >= 0.6 is 11.8 Å². The molecule has 0 aliphatic carbocycles. The molecule has 0 amide bonds. The molecule has 94 valence electrons. The Bertz CT molecular complexity index is 214. The Morgan fingerprint density at radius 2 is 2.38 bits per heavy atom. The molecule has 0 saturated carbocycles. The molecule has 2 saturated heterocycles. The summed E-state index contributed by atoms with van der Waals surface area (Å²) in [4.78, 5) is 2.71. The van der Waals surface area contributed by atoms with Crippen LogP contribution in [0.2, 0.25) is 0 Å². The zero-order valence-corrected chi connectivity index (χ0v) is 11.6. The molecular formula is C13H26N2S. The van der Waals surface area contributed by atoms with Crippen molar-refractivity contribution in [2.45, 2.75) is 38.4 Å². The zero-order chi connectivity index (χ0) is 11.4. The van der Waals surface area contributed by atoms with Crippen LogP contribution in [0.5, 0.6) is 0 Å². The van der Waals surface area contributed by atoms with Crippen molar-refractivity contribution in [1.82, 2.24) is 10.2 Å². The SMILES string of the molecule is CCC1(CN2CCSC(C)C2)CCCNC1. The fourth-order valence-electron chi connectivity index (χ4n) is 3.09. The smallest absolute Gasteiger partial charge is 0.0147 e. The van der Waals surface area contributed by atoms with Gasteiger partial charge in [-0.25, -0.2) is 0 Å². The van der Waals surface area contributed by atoms with E-state index in [1.807, 2.05) is 0 Å². The molecule has 2 fully saturated rings. The van der Waals surface area contributed by atoms with Gasteiger partial charge in [0.1, 0.15) is 0 Å². The van der Waals surface area contributed by atoms with Gasteiger partial charge in [0.25, 0.3) is 0 Å². The third-order valence-corrected chi connectivity index (χ3v) is 5.33. The van der Waals surface area contributed by atoms with E-state index in [1.165, 1.54) is 57.7 Å². The first-order valence-electron chi connectivity index (χ1n) is 6.79. The van der Waals surface area contributed by atoms with Crippen molar-refractivity contribution >= 4 is 11.8 Å². The summed E-state index contributed by atoms with van der Waals surface area (Å²) >= 11 is 2.13. The highest BCUT2D eigenvalue weighted by atomic mass is 32.2. The van der Waals surface area contributed by atoms with Gasteiger partial charge in [-0.2, -0.15) is 11.8 Å². The molecule has 0 aromatic heterocycles. The van der Waals surface area contributed by atoms with E-state index >= 15 is 0 Å². The summed E-state index contributed by atoms with van der Waals surface area (Å²) in [6.45, 7) is 11.1. The molecule has 0 spiro atoms. The molecule has 1 N–H and O–H groups in total. The largest absolute Gasteiger partial charge is 0.316 e. The fourth-order valence-corrected chi connectivity index (χ4v) is 4.17. The van der Waals surface area contributed by atoms with Crippen molar-refractivity contribution in [2.75, 3.05) is 38.5 Å². The number of rotatable bonds is 3. The predicted molar refractivity (Wildman–Crippen MR) is 73.2 cm³/mol. The van der Waals surface area contributed by atoms with Crippen molar-refractivity contribution in [2.24, 2.45) is 5.41 Å². The van der Waals surface area contributed by atoms with Gasteiger partial charge < -0.3 is 10.2 Å². The third-order valence-electron chi connectivity index (χ3n) is 4.19. The van der Waals surface area contributed by atoms with Crippen LogP contribution in [0.4, 0.5) is 0 Å². The molecular weight excluding hydrogens is 216 g/mol. The van der Waals surface area contributed by atoms with Gasteiger partial charge in [-0.1, -0.05) is 13.8 Å². The second-order valence-electron chi connectivity index (χ2n) is 5.55. The Labute approximate surface area is 105 Å². The second kappa shape index (κ2) is 5.74. The molecule has 2 unspecified atom stereocenters.